The lowest BCUT2D eigenvalue weighted by molar-refractivity contribution is -0.384. The number of nitro benzene ring substituents is 1. The maximum Gasteiger partial charge on any atom is 0.269 e. The fourth-order valence-electron chi connectivity index (χ4n) is 4.98. The predicted molar refractivity (Wildman–Crippen MR) is 165 cm³/mol. The molecule has 0 saturated heterocycles. The second kappa shape index (κ2) is 15.2. The standard InChI is InChI=1S/C31H33Cl2N3O4S/c32-25-14-13-24(28(33)18-25)19-35(30(37)21-41-20-23-11-15-27(16-12-23)36(39)40)29(17-22-7-3-1-4-8-22)31(38)34-26-9-5-2-6-10-26/h1,3-4,7-8,11-16,18,26,29H,2,5-6,9-10,17,19-21H2,(H,34,38)/t29-/m0/s1. The summed E-state index contributed by atoms with van der Waals surface area (Å²) in [5, 5.41) is 15.1. The molecule has 0 aromatic heterocycles. The van der Waals surface area contributed by atoms with Gasteiger partial charge in [-0.05, 0) is 41.7 Å². The van der Waals surface area contributed by atoms with Crippen molar-refractivity contribution in [2.75, 3.05) is 5.75 Å². The Morgan fingerprint density at radius 3 is 2.34 bits per heavy atom. The molecule has 0 unspecified atom stereocenters. The van der Waals surface area contributed by atoms with E-state index in [0.717, 1.165) is 36.8 Å². The number of amides is 2. The molecule has 2 amide bonds. The number of halogens is 2. The molecule has 0 bridgehead atoms. The highest BCUT2D eigenvalue weighted by atomic mass is 35.5. The molecule has 1 atom stereocenters. The van der Waals surface area contributed by atoms with E-state index in [1.807, 2.05) is 30.3 Å². The summed E-state index contributed by atoms with van der Waals surface area (Å²) in [6.07, 6.45) is 5.57. The van der Waals surface area contributed by atoms with Gasteiger partial charge in [-0.15, -0.1) is 11.8 Å². The van der Waals surface area contributed by atoms with Gasteiger partial charge in [-0.2, -0.15) is 0 Å². The Labute approximate surface area is 254 Å². The van der Waals surface area contributed by atoms with Gasteiger partial charge >= 0.3 is 0 Å². The van der Waals surface area contributed by atoms with Crippen LogP contribution in [-0.4, -0.2) is 39.5 Å². The fraction of sp³-hybridized carbons (Fsp3) is 0.355. The Morgan fingerprint density at radius 1 is 0.976 bits per heavy atom. The smallest absolute Gasteiger partial charge is 0.269 e. The van der Waals surface area contributed by atoms with Gasteiger partial charge in [0.2, 0.25) is 11.8 Å². The van der Waals surface area contributed by atoms with Crippen LogP contribution in [0.25, 0.3) is 0 Å². The van der Waals surface area contributed by atoms with Gasteiger partial charge in [-0.25, -0.2) is 0 Å². The first-order chi connectivity index (χ1) is 19.8. The molecule has 0 heterocycles. The van der Waals surface area contributed by atoms with E-state index in [-0.39, 0.29) is 35.8 Å². The Kier molecular flexibility index (Phi) is 11.5. The number of benzene rings is 3. The summed E-state index contributed by atoms with van der Waals surface area (Å²) < 4.78 is 0. The zero-order valence-corrected chi connectivity index (χ0v) is 25.0. The van der Waals surface area contributed by atoms with Crippen molar-refractivity contribution >= 4 is 52.5 Å². The number of non-ortho nitro benzene ring substituents is 1. The van der Waals surface area contributed by atoms with Crippen LogP contribution in [0.15, 0.2) is 72.8 Å². The lowest BCUT2D eigenvalue weighted by Gasteiger charge is -2.33. The van der Waals surface area contributed by atoms with Crippen LogP contribution in [0.5, 0.6) is 0 Å². The Hall–Kier alpha value is -3.07. The Morgan fingerprint density at radius 2 is 1.68 bits per heavy atom. The van der Waals surface area contributed by atoms with Crippen LogP contribution in [0.3, 0.4) is 0 Å². The number of thioether (sulfide) groups is 1. The van der Waals surface area contributed by atoms with E-state index in [2.05, 4.69) is 5.32 Å². The average molecular weight is 615 g/mol. The highest BCUT2D eigenvalue weighted by Crippen LogP contribution is 2.26. The van der Waals surface area contributed by atoms with Crippen LogP contribution < -0.4 is 5.32 Å². The SMILES string of the molecule is O=C(NC1CCCCC1)[C@H](Cc1ccccc1)N(Cc1ccc(Cl)cc1Cl)C(=O)CSCc1ccc([N+](=O)[O-])cc1. The third-order valence-electron chi connectivity index (χ3n) is 7.22. The van der Waals surface area contributed by atoms with Crippen molar-refractivity contribution in [2.45, 2.75) is 62.9 Å². The van der Waals surface area contributed by atoms with E-state index >= 15 is 0 Å². The van der Waals surface area contributed by atoms with E-state index in [1.54, 1.807) is 35.2 Å². The first-order valence-electron chi connectivity index (χ1n) is 13.7. The van der Waals surface area contributed by atoms with E-state index in [4.69, 9.17) is 23.2 Å². The van der Waals surface area contributed by atoms with E-state index in [0.29, 0.717) is 27.8 Å². The van der Waals surface area contributed by atoms with E-state index < -0.39 is 11.0 Å². The second-order valence-corrected chi connectivity index (χ2v) is 12.1. The molecule has 0 aliphatic heterocycles. The summed E-state index contributed by atoms with van der Waals surface area (Å²) in [4.78, 5) is 39.9. The summed E-state index contributed by atoms with van der Waals surface area (Å²) in [6, 6.07) is 20.5. The molecule has 4 rings (SSSR count). The lowest BCUT2D eigenvalue weighted by atomic mass is 9.94. The second-order valence-electron chi connectivity index (χ2n) is 10.2. The van der Waals surface area contributed by atoms with Gasteiger partial charge in [0, 0.05) is 46.9 Å². The predicted octanol–water partition coefficient (Wildman–Crippen LogP) is 7.22. The quantitative estimate of drug-likeness (QED) is 0.172. The van der Waals surface area contributed by atoms with Crippen LogP contribution in [-0.2, 0) is 28.3 Å². The van der Waals surface area contributed by atoms with Crippen LogP contribution >= 0.6 is 35.0 Å². The van der Waals surface area contributed by atoms with Crippen molar-refractivity contribution in [3.05, 3.63) is 110 Å². The summed E-state index contributed by atoms with van der Waals surface area (Å²) in [5.74, 6) is 0.267. The van der Waals surface area contributed by atoms with Gasteiger partial charge in [-0.3, -0.25) is 19.7 Å². The maximum absolute atomic E-state index is 13.9. The topological polar surface area (TPSA) is 92.6 Å². The highest BCUT2D eigenvalue weighted by molar-refractivity contribution is 7.99. The molecule has 216 valence electrons. The number of nitro groups is 1. The number of hydrogen-bond acceptors (Lipinski definition) is 5. The Bertz CT molecular complexity index is 1330. The third kappa shape index (κ3) is 9.21. The van der Waals surface area contributed by atoms with Crippen molar-refractivity contribution in [2.24, 2.45) is 0 Å². The number of carbonyl (C=O) groups excluding carboxylic acids is 2. The molecular weight excluding hydrogens is 581 g/mol. The van der Waals surface area contributed by atoms with Crippen LogP contribution in [0, 0.1) is 10.1 Å². The maximum atomic E-state index is 13.9. The van der Waals surface area contributed by atoms with Crippen LogP contribution in [0.2, 0.25) is 10.0 Å². The molecule has 3 aromatic carbocycles. The number of carbonyl (C=O) groups is 2. The third-order valence-corrected chi connectivity index (χ3v) is 8.80. The molecule has 1 aliphatic rings. The number of nitrogens with zero attached hydrogens (tertiary/aromatic N) is 2. The molecule has 41 heavy (non-hydrogen) atoms. The number of hydrogen-bond donors (Lipinski definition) is 1. The minimum absolute atomic E-state index is 0.0218. The van der Waals surface area contributed by atoms with E-state index in [1.165, 1.54) is 30.3 Å². The average Bonchev–Trinajstić information content (AvgIpc) is 2.97. The molecule has 0 spiro atoms. The fourth-order valence-corrected chi connectivity index (χ4v) is 6.32. The van der Waals surface area contributed by atoms with Crippen LogP contribution in [0.4, 0.5) is 5.69 Å². The van der Waals surface area contributed by atoms with Gasteiger partial charge in [-0.1, -0.05) is 91.0 Å². The van der Waals surface area contributed by atoms with Crippen molar-refractivity contribution in [3.8, 4) is 0 Å². The molecule has 1 N–H and O–H groups in total. The molecule has 0 radical (unpaired) electrons. The molecule has 1 fully saturated rings. The van der Waals surface area contributed by atoms with Gasteiger partial charge in [0.15, 0.2) is 0 Å². The summed E-state index contributed by atoms with van der Waals surface area (Å²) >= 11 is 14.0. The first-order valence-corrected chi connectivity index (χ1v) is 15.6. The van der Waals surface area contributed by atoms with Crippen molar-refractivity contribution in [1.82, 2.24) is 10.2 Å². The lowest BCUT2D eigenvalue weighted by Crippen LogP contribution is -2.53. The largest absolute Gasteiger partial charge is 0.352 e. The molecule has 10 heteroatoms. The zero-order valence-electron chi connectivity index (χ0n) is 22.6. The number of rotatable bonds is 12. The normalized spacial score (nSPS) is 14.3. The van der Waals surface area contributed by atoms with Crippen molar-refractivity contribution in [1.29, 1.82) is 0 Å². The highest BCUT2D eigenvalue weighted by Gasteiger charge is 2.32. The summed E-state index contributed by atoms with van der Waals surface area (Å²) in [7, 11) is 0. The van der Waals surface area contributed by atoms with Gasteiger partial charge in [0.05, 0.1) is 10.7 Å². The zero-order chi connectivity index (χ0) is 29.2. The summed E-state index contributed by atoms with van der Waals surface area (Å²) in [5.41, 5.74) is 2.55. The van der Waals surface area contributed by atoms with Gasteiger partial charge in [0.1, 0.15) is 6.04 Å². The molecule has 1 aliphatic carbocycles. The summed E-state index contributed by atoms with van der Waals surface area (Å²) in [6.45, 7) is 0.155. The molecule has 3 aromatic rings. The van der Waals surface area contributed by atoms with Crippen LogP contribution in [0.1, 0.15) is 48.8 Å². The minimum Gasteiger partial charge on any atom is -0.352 e. The first kappa shape index (κ1) is 30.9. The van der Waals surface area contributed by atoms with E-state index in [9.17, 15) is 19.7 Å². The molecule has 1 saturated carbocycles. The Balaban J connectivity index is 1.57. The monoisotopic (exact) mass is 613 g/mol. The van der Waals surface area contributed by atoms with Crippen molar-refractivity contribution in [3.63, 3.8) is 0 Å². The van der Waals surface area contributed by atoms with Crippen molar-refractivity contribution < 1.29 is 14.5 Å². The van der Waals surface area contributed by atoms with Gasteiger partial charge in [0.25, 0.3) is 5.69 Å². The number of nitrogens with one attached hydrogen (secondary N) is 1. The molecule has 7 nitrogen and oxygen atoms in total. The minimum atomic E-state index is -0.737. The molecular formula is C31H33Cl2N3O4S. The van der Waals surface area contributed by atoms with Gasteiger partial charge < -0.3 is 10.2 Å².